The average molecular weight is 615 g/mol. The quantitative estimate of drug-likeness (QED) is 0.148. The van der Waals surface area contributed by atoms with Crippen molar-refractivity contribution in [3.63, 3.8) is 0 Å². The van der Waals surface area contributed by atoms with Crippen molar-refractivity contribution < 1.29 is 136 Å². The molecule has 0 rings (SSSR count). The van der Waals surface area contributed by atoms with Gasteiger partial charge in [0.2, 0.25) is 0 Å². The van der Waals surface area contributed by atoms with Gasteiger partial charge in [0.25, 0.3) is 34.1 Å². The van der Waals surface area contributed by atoms with Crippen LogP contribution in [0.2, 0.25) is 0 Å². The summed E-state index contributed by atoms with van der Waals surface area (Å²) >= 11 is -7.83. The Morgan fingerprint density at radius 3 is 0.471 bits per heavy atom. The zero-order valence-electron chi connectivity index (χ0n) is 7.34. The first-order chi connectivity index (χ1) is 5.20. The maximum atomic E-state index is 8.67. The van der Waals surface area contributed by atoms with E-state index in [9.17, 15) is 0 Å². The van der Waals surface area contributed by atoms with E-state index >= 15 is 0 Å². The summed E-state index contributed by atoms with van der Waals surface area (Å²) in [5.41, 5.74) is 0. The van der Waals surface area contributed by atoms with Gasteiger partial charge in [-0.3, -0.25) is 27.3 Å². The molecule has 12 N–H and O–H groups in total. The van der Waals surface area contributed by atoms with Gasteiger partial charge >= 0.3 is 0 Å². The van der Waals surface area contributed by atoms with E-state index in [0.29, 0.717) is 0 Å². The summed E-state index contributed by atoms with van der Waals surface area (Å²) in [7, 11) is 0. The fourth-order valence-corrected chi connectivity index (χ4v) is 0. The van der Waals surface area contributed by atoms with Crippen molar-refractivity contribution in [2.24, 2.45) is 0 Å². The Morgan fingerprint density at radius 1 is 0.471 bits per heavy atom. The van der Waals surface area contributed by atoms with Crippen LogP contribution in [-0.4, -0.2) is 56.4 Å². The molecular formula is H12Gd2O12S3. The van der Waals surface area contributed by atoms with E-state index < -0.39 is 34.1 Å². The number of rotatable bonds is 0. The first-order valence-electron chi connectivity index (χ1n) is 1.60. The Hall–Kier alpha value is 2.74. The van der Waals surface area contributed by atoms with Crippen molar-refractivity contribution in [2.75, 3.05) is 0 Å². The fourth-order valence-electron chi connectivity index (χ4n) is 0. The molecule has 0 aliphatic heterocycles. The molecule has 0 aromatic carbocycles. The van der Waals surface area contributed by atoms with Gasteiger partial charge < -0.3 is 16.4 Å². The third-order valence-electron chi connectivity index (χ3n) is 0. The Labute approximate surface area is 167 Å². The van der Waals surface area contributed by atoms with Gasteiger partial charge in [-0.25, -0.2) is 0 Å². The van der Waals surface area contributed by atoms with Gasteiger partial charge in [-0.1, -0.05) is 0 Å². The topological polar surface area (TPSA) is 267 Å². The molecule has 0 aliphatic rings. The van der Waals surface area contributed by atoms with Crippen LogP contribution in [0.15, 0.2) is 0 Å². The Kier molecular flexibility index (Phi) is 127. The second-order valence-corrected chi connectivity index (χ2v) is 2.08. The molecule has 0 radical (unpaired) electrons. The molecular weight excluding hydrogens is 603 g/mol. The summed E-state index contributed by atoms with van der Waals surface area (Å²) in [6.07, 6.45) is 0. The number of hydrogen-bond donors (Lipinski definition) is 6. The molecule has 0 spiro atoms. The standard InChI is InChI=1S/2Gd.3H2O3S.3H2O/c;;3*1-4(2)3;;;/h;;3*(H2,1,2,3);3*1H2. The van der Waals surface area contributed by atoms with E-state index in [1.54, 1.807) is 0 Å². The van der Waals surface area contributed by atoms with Crippen LogP contribution in [0.25, 0.3) is 0 Å². The average Bonchev–Trinajstić information content (AvgIpc) is 1.54. The van der Waals surface area contributed by atoms with E-state index in [0.717, 1.165) is 0 Å². The summed E-state index contributed by atoms with van der Waals surface area (Å²) in [5, 5.41) is 0. The Morgan fingerprint density at radius 2 is 0.471 bits per heavy atom. The molecule has 0 unspecified atom stereocenters. The van der Waals surface area contributed by atoms with Crippen LogP contribution >= 0.6 is 0 Å². The first-order valence-corrected chi connectivity index (χ1v) is 4.79. The van der Waals surface area contributed by atoms with Crippen molar-refractivity contribution in [3.05, 3.63) is 0 Å². The molecule has 0 aromatic rings. The van der Waals surface area contributed by atoms with Gasteiger partial charge in [-0.15, -0.1) is 0 Å². The Bertz CT molecular complexity index is 117. The van der Waals surface area contributed by atoms with Gasteiger partial charge in [-0.05, 0) is 0 Å². The monoisotopic (exact) mass is 616 g/mol. The molecule has 0 bridgehead atoms. The maximum Gasteiger partial charge on any atom is 0.299 e. The molecule has 0 heterocycles. The van der Waals surface area contributed by atoms with Crippen molar-refractivity contribution in [3.8, 4) is 0 Å². The van der Waals surface area contributed by atoms with Crippen molar-refractivity contribution in [2.45, 2.75) is 0 Å². The van der Waals surface area contributed by atoms with Crippen LogP contribution in [0, 0.1) is 79.9 Å². The van der Waals surface area contributed by atoms with Crippen LogP contribution < -0.4 is 0 Å². The van der Waals surface area contributed by atoms with Crippen LogP contribution in [-0.2, 0) is 34.1 Å². The zero-order chi connectivity index (χ0) is 10.7. The van der Waals surface area contributed by atoms with Crippen LogP contribution in [0.5, 0.6) is 0 Å². The summed E-state index contributed by atoms with van der Waals surface area (Å²) in [4.78, 5) is 0. The fraction of sp³-hybridized carbons (Fsp3) is 0. The molecule has 0 aromatic heterocycles. The molecule has 0 fully saturated rings. The van der Waals surface area contributed by atoms with Gasteiger partial charge in [0.05, 0.1) is 0 Å². The molecule has 0 amide bonds. The molecule has 0 saturated carbocycles. The molecule has 17 heavy (non-hydrogen) atoms. The smallest absolute Gasteiger partial charge is 0.299 e. The summed E-state index contributed by atoms with van der Waals surface area (Å²) in [6.45, 7) is 0. The summed E-state index contributed by atoms with van der Waals surface area (Å²) in [6, 6.07) is 0. The third-order valence-corrected chi connectivity index (χ3v) is 0. The second kappa shape index (κ2) is 42.8. The minimum Gasteiger partial charge on any atom is -0.412 e. The van der Waals surface area contributed by atoms with E-state index in [4.69, 9.17) is 39.9 Å². The van der Waals surface area contributed by atoms with Crippen LogP contribution in [0.4, 0.5) is 0 Å². The molecule has 0 atom stereocenters. The number of hydrogen-bond acceptors (Lipinski definition) is 3. The second-order valence-electron chi connectivity index (χ2n) is 0.692. The van der Waals surface area contributed by atoms with Crippen molar-refractivity contribution in [1.82, 2.24) is 0 Å². The molecule has 17 heteroatoms. The van der Waals surface area contributed by atoms with Crippen molar-refractivity contribution in [1.29, 1.82) is 0 Å². The SMILES string of the molecule is O.O.O.O=S(O)O.O=S(O)O.O=S(O)O.[Gd].[Gd]. The van der Waals surface area contributed by atoms with E-state index in [1.807, 2.05) is 0 Å². The van der Waals surface area contributed by atoms with Crippen LogP contribution in [0.3, 0.4) is 0 Å². The zero-order valence-corrected chi connectivity index (χ0v) is 14.3. The van der Waals surface area contributed by atoms with Crippen LogP contribution in [0.1, 0.15) is 0 Å². The predicted octanol–water partition coefficient (Wildman–Crippen LogP) is -3.43. The van der Waals surface area contributed by atoms with Gasteiger partial charge in [-0.2, -0.15) is 12.6 Å². The van der Waals surface area contributed by atoms with Gasteiger partial charge in [0.15, 0.2) is 0 Å². The van der Waals surface area contributed by atoms with Gasteiger partial charge in [0, 0.05) is 79.9 Å². The summed E-state index contributed by atoms with van der Waals surface area (Å²) < 4.78 is 68.5. The Balaban J connectivity index is -0.0000000104. The molecule has 0 aliphatic carbocycles. The van der Waals surface area contributed by atoms with Gasteiger partial charge in [0.1, 0.15) is 0 Å². The molecule has 12 nitrogen and oxygen atoms in total. The van der Waals surface area contributed by atoms with E-state index in [2.05, 4.69) is 0 Å². The predicted molar refractivity (Wildman–Crippen MR) is 51.0 cm³/mol. The van der Waals surface area contributed by atoms with Crippen molar-refractivity contribution >= 4 is 34.1 Å². The summed E-state index contributed by atoms with van der Waals surface area (Å²) in [5.74, 6) is 0. The molecule has 118 valence electrons. The first kappa shape index (κ1) is 50.3. The third kappa shape index (κ3) is 700. The minimum absolute atomic E-state index is 0. The minimum atomic E-state index is -2.61. The van der Waals surface area contributed by atoms with E-state index in [-0.39, 0.29) is 96.3 Å². The normalized spacial score (nSPS) is 6.18. The molecule has 0 saturated heterocycles. The largest absolute Gasteiger partial charge is 0.412 e. The van der Waals surface area contributed by atoms with E-state index in [1.165, 1.54) is 0 Å². The maximum absolute atomic E-state index is 8.67.